The van der Waals surface area contributed by atoms with E-state index in [2.05, 4.69) is 4.99 Å². The number of nitro groups is 1. The predicted molar refractivity (Wildman–Crippen MR) is 49.9 cm³/mol. The zero-order chi connectivity index (χ0) is 10.6. The number of rotatable bonds is 3. The van der Waals surface area contributed by atoms with Crippen LogP contribution in [0.15, 0.2) is 23.2 Å². The van der Waals surface area contributed by atoms with E-state index in [1.165, 1.54) is 24.3 Å². The van der Waals surface area contributed by atoms with Gasteiger partial charge in [0.1, 0.15) is 0 Å². The Kier molecular flexibility index (Phi) is 3.34. The molecule has 0 spiro atoms. The van der Waals surface area contributed by atoms with Gasteiger partial charge in [0.15, 0.2) is 0 Å². The third-order valence-electron chi connectivity index (χ3n) is 1.56. The number of carbonyl (C=O) groups excluding carboxylic acids is 1. The summed E-state index contributed by atoms with van der Waals surface area (Å²) in [6, 6.07) is 4.18. The smallest absolute Gasteiger partial charge is 0.258 e. The number of isocyanates is 1. The van der Waals surface area contributed by atoms with Gasteiger partial charge in [-0.3, -0.25) is 10.1 Å². The molecule has 1 aromatic rings. The molecule has 6 heteroatoms. The molecule has 0 heterocycles. The van der Waals surface area contributed by atoms with Gasteiger partial charge in [-0.15, -0.1) is 0 Å². The second-order valence-electron chi connectivity index (χ2n) is 2.44. The van der Waals surface area contributed by atoms with Crippen molar-refractivity contribution >= 4 is 23.4 Å². The quantitative estimate of drug-likeness (QED) is 0.333. The summed E-state index contributed by atoms with van der Waals surface area (Å²) in [6.45, 7) is -0.0585. The Morgan fingerprint density at radius 1 is 1.57 bits per heavy atom. The summed E-state index contributed by atoms with van der Waals surface area (Å²) in [5, 5.41) is 10.8. The maximum absolute atomic E-state index is 10.5. The second kappa shape index (κ2) is 4.50. The van der Waals surface area contributed by atoms with E-state index in [-0.39, 0.29) is 17.3 Å². The van der Waals surface area contributed by atoms with Gasteiger partial charge in [-0.25, -0.2) is 9.79 Å². The lowest BCUT2D eigenvalue weighted by molar-refractivity contribution is -0.385. The van der Waals surface area contributed by atoms with Gasteiger partial charge >= 0.3 is 0 Å². The van der Waals surface area contributed by atoms with Crippen molar-refractivity contribution in [2.75, 3.05) is 0 Å². The molecule has 1 rings (SSSR count). The van der Waals surface area contributed by atoms with Gasteiger partial charge < -0.3 is 0 Å². The molecule has 0 aliphatic rings. The molecule has 0 radical (unpaired) electrons. The number of aliphatic imine (C=N–C) groups is 1. The number of halogens is 1. The van der Waals surface area contributed by atoms with Gasteiger partial charge in [-0.2, -0.15) is 0 Å². The molecular weight excluding hydrogens is 208 g/mol. The first-order chi connectivity index (χ1) is 6.65. The maximum atomic E-state index is 10.5. The van der Waals surface area contributed by atoms with Crippen LogP contribution >= 0.6 is 11.6 Å². The van der Waals surface area contributed by atoms with E-state index in [1.807, 2.05) is 0 Å². The molecule has 0 N–H and O–H groups in total. The van der Waals surface area contributed by atoms with Crippen LogP contribution in [0.25, 0.3) is 0 Å². The lowest BCUT2D eigenvalue weighted by Crippen LogP contribution is -1.94. The highest BCUT2D eigenvalue weighted by Gasteiger charge is 2.13. The van der Waals surface area contributed by atoms with Crippen molar-refractivity contribution < 1.29 is 9.72 Å². The van der Waals surface area contributed by atoms with Crippen LogP contribution in [-0.4, -0.2) is 11.0 Å². The van der Waals surface area contributed by atoms with Gasteiger partial charge in [0.05, 0.1) is 17.0 Å². The van der Waals surface area contributed by atoms with E-state index < -0.39 is 4.92 Å². The average Bonchev–Trinajstić information content (AvgIpc) is 2.15. The van der Waals surface area contributed by atoms with E-state index in [4.69, 9.17) is 11.6 Å². The lowest BCUT2D eigenvalue weighted by Gasteiger charge is -1.98. The molecule has 0 aromatic heterocycles. The van der Waals surface area contributed by atoms with E-state index >= 15 is 0 Å². The summed E-state index contributed by atoms with van der Waals surface area (Å²) in [7, 11) is 0. The first-order valence-corrected chi connectivity index (χ1v) is 3.99. The molecule has 0 aliphatic heterocycles. The monoisotopic (exact) mass is 212 g/mol. The molecule has 0 saturated heterocycles. The molecule has 14 heavy (non-hydrogen) atoms. The minimum atomic E-state index is -0.568. The zero-order valence-electron chi connectivity index (χ0n) is 6.94. The van der Waals surface area contributed by atoms with Gasteiger partial charge in [0.25, 0.3) is 5.69 Å². The van der Waals surface area contributed by atoms with E-state index in [9.17, 15) is 14.9 Å². The third-order valence-corrected chi connectivity index (χ3v) is 1.79. The molecule has 1 aromatic carbocycles. The Bertz CT molecular complexity index is 413. The molecule has 0 saturated carbocycles. The highest BCUT2D eigenvalue weighted by Crippen LogP contribution is 2.23. The van der Waals surface area contributed by atoms with Crippen molar-refractivity contribution in [3.63, 3.8) is 0 Å². The largest absolute Gasteiger partial charge is 0.275 e. The maximum Gasteiger partial charge on any atom is 0.275 e. The molecule has 0 unspecified atom stereocenters. The summed E-state index contributed by atoms with van der Waals surface area (Å²) in [6.07, 6.45) is 1.32. The van der Waals surface area contributed by atoms with E-state index in [0.717, 1.165) is 0 Å². The van der Waals surface area contributed by atoms with Crippen molar-refractivity contribution in [1.82, 2.24) is 0 Å². The first kappa shape index (κ1) is 10.4. The average molecular weight is 213 g/mol. The second-order valence-corrected chi connectivity index (χ2v) is 2.87. The van der Waals surface area contributed by atoms with Crippen LogP contribution in [0.3, 0.4) is 0 Å². The molecular formula is C8H5ClN2O3. The van der Waals surface area contributed by atoms with Crippen molar-refractivity contribution in [3.8, 4) is 0 Å². The van der Waals surface area contributed by atoms with Crippen LogP contribution in [0.2, 0.25) is 5.02 Å². The van der Waals surface area contributed by atoms with Crippen molar-refractivity contribution in [2.24, 2.45) is 4.99 Å². The summed E-state index contributed by atoms with van der Waals surface area (Å²) in [5.41, 5.74) is 0.194. The summed E-state index contributed by atoms with van der Waals surface area (Å²) in [4.78, 5) is 23.1. The molecule has 0 fully saturated rings. The minimum absolute atomic E-state index is 0.0585. The minimum Gasteiger partial charge on any atom is -0.258 e. The van der Waals surface area contributed by atoms with E-state index in [1.54, 1.807) is 0 Å². The Morgan fingerprint density at radius 2 is 2.29 bits per heavy atom. The summed E-state index contributed by atoms with van der Waals surface area (Å²) >= 11 is 5.58. The normalized spacial score (nSPS) is 9.21. The fourth-order valence-corrected chi connectivity index (χ4v) is 1.12. The fourth-order valence-electron chi connectivity index (χ4n) is 0.958. The molecule has 72 valence electrons. The standard InChI is InChI=1S/C8H5ClN2O3/c9-7-2-1-6(4-10-5-12)8(3-7)11(13)14/h1-3H,4H2. The molecule has 0 amide bonds. The number of nitro benzene ring substituents is 1. The van der Waals surface area contributed by atoms with Gasteiger partial charge in [0.2, 0.25) is 6.08 Å². The molecule has 0 bridgehead atoms. The number of nitrogens with zero attached hydrogens (tertiary/aromatic N) is 2. The summed E-state index contributed by atoms with van der Waals surface area (Å²) in [5.74, 6) is 0. The zero-order valence-corrected chi connectivity index (χ0v) is 7.69. The van der Waals surface area contributed by atoms with Crippen LogP contribution < -0.4 is 0 Å². The van der Waals surface area contributed by atoms with Crippen LogP contribution in [0.5, 0.6) is 0 Å². The van der Waals surface area contributed by atoms with Crippen LogP contribution in [0.4, 0.5) is 5.69 Å². The Labute approximate surface area is 84.2 Å². The van der Waals surface area contributed by atoms with Gasteiger partial charge in [0, 0.05) is 11.1 Å². The number of benzene rings is 1. The Morgan fingerprint density at radius 3 is 2.86 bits per heavy atom. The van der Waals surface area contributed by atoms with Crippen LogP contribution in [-0.2, 0) is 11.3 Å². The van der Waals surface area contributed by atoms with Crippen LogP contribution in [0.1, 0.15) is 5.56 Å². The van der Waals surface area contributed by atoms with Crippen molar-refractivity contribution in [3.05, 3.63) is 38.9 Å². The third kappa shape index (κ3) is 2.39. The highest BCUT2D eigenvalue weighted by molar-refractivity contribution is 6.30. The summed E-state index contributed by atoms with van der Waals surface area (Å²) < 4.78 is 0. The van der Waals surface area contributed by atoms with Crippen molar-refractivity contribution in [1.29, 1.82) is 0 Å². The Balaban J connectivity index is 3.14. The van der Waals surface area contributed by atoms with Gasteiger partial charge in [-0.05, 0) is 12.1 Å². The topological polar surface area (TPSA) is 72.6 Å². The molecule has 0 atom stereocenters. The molecule has 0 aliphatic carbocycles. The molecule has 5 nitrogen and oxygen atoms in total. The van der Waals surface area contributed by atoms with Crippen LogP contribution in [0, 0.1) is 10.1 Å². The number of hydrogen-bond acceptors (Lipinski definition) is 4. The SMILES string of the molecule is O=C=NCc1ccc(Cl)cc1[N+](=O)[O-]. The highest BCUT2D eigenvalue weighted by atomic mass is 35.5. The van der Waals surface area contributed by atoms with Crippen molar-refractivity contribution in [2.45, 2.75) is 6.54 Å². The predicted octanol–water partition coefficient (Wildman–Crippen LogP) is 2.08. The lowest BCUT2D eigenvalue weighted by atomic mass is 10.2. The first-order valence-electron chi connectivity index (χ1n) is 3.61. The number of hydrogen-bond donors (Lipinski definition) is 0. The van der Waals surface area contributed by atoms with Gasteiger partial charge in [-0.1, -0.05) is 11.6 Å². The Hall–Kier alpha value is -1.71. The fraction of sp³-hybridized carbons (Fsp3) is 0.125. The van der Waals surface area contributed by atoms with E-state index in [0.29, 0.717) is 5.56 Å².